The second-order valence-corrected chi connectivity index (χ2v) is 9.49. The average molecular weight is 379 g/mol. The number of Topliss-reactive ketones (excluding diaryl/α,β-unsaturated/α-hetero) is 1. The highest BCUT2D eigenvalue weighted by molar-refractivity contribution is 5.79. The van der Waals surface area contributed by atoms with Gasteiger partial charge in [0.25, 0.3) is 0 Å². The van der Waals surface area contributed by atoms with Crippen molar-refractivity contribution in [2.75, 3.05) is 0 Å². The topological polar surface area (TPSA) is 17.1 Å². The van der Waals surface area contributed by atoms with E-state index in [9.17, 15) is 4.79 Å². The summed E-state index contributed by atoms with van der Waals surface area (Å²) in [5.41, 5.74) is 0.526. The third-order valence-corrected chi connectivity index (χ3v) is 6.99. The quantitative estimate of drug-likeness (QED) is 0.217. The molecule has 1 rings (SSSR count). The van der Waals surface area contributed by atoms with E-state index in [4.69, 9.17) is 0 Å². The van der Waals surface area contributed by atoms with Crippen LogP contribution in [0, 0.1) is 5.41 Å². The number of hydrogen-bond acceptors (Lipinski definition) is 1. The molecule has 0 saturated heterocycles. The van der Waals surface area contributed by atoms with E-state index < -0.39 is 0 Å². The summed E-state index contributed by atoms with van der Waals surface area (Å²) < 4.78 is 0. The third kappa shape index (κ3) is 12.7. The number of carbonyl (C=O) groups is 1. The smallest absolute Gasteiger partial charge is 0.132 e. The molecule has 1 saturated carbocycles. The van der Waals surface area contributed by atoms with Gasteiger partial charge in [0, 0.05) is 12.8 Å². The van der Waals surface area contributed by atoms with Gasteiger partial charge in [0.1, 0.15) is 5.78 Å². The van der Waals surface area contributed by atoms with Crippen molar-refractivity contribution in [3.05, 3.63) is 0 Å². The van der Waals surface area contributed by atoms with Crippen LogP contribution in [0.1, 0.15) is 155 Å². The summed E-state index contributed by atoms with van der Waals surface area (Å²) in [7, 11) is 0. The first-order valence-corrected chi connectivity index (χ1v) is 12.7. The molecule has 1 aliphatic rings. The van der Waals surface area contributed by atoms with Crippen molar-refractivity contribution in [3.8, 4) is 0 Å². The van der Waals surface area contributed by atoms with Crippen LogP contribution in [0.3, 0.4) is 0 Å². The minimum absolute atomic E-state index is 0.525. The standard InChI is InChI=1S/C26H50O/c1-3-5-7-9-11-13-15-17-21-26(23-19-25(27)20-24-26)22-18-16-14-12-10-8-6-4-2/h3-24H2,1-2H3. The predicted molar refractivity (Wildman–Crippen MR) is 120 cm³/mol. The summed E-state index contributed by atoms with van der Waals surface area (Å²) in [4.78, 5) is 11.8. The van der Waals surface area contributed by atoms with Crippen molar-refractivity contribution in [2.45, 2.75) is 155 Å². The lowest BCUT2D eigenvalue weighted by atomic mass is 9.67. The van der Waals surface area contributed by atoms with Crippen molar-refractivity contribution in [2.24, 2.45) is 5.41 Å². The molecule has 0 spiro atoms. The Morgan fingerprint density at radius 2 is 0.889 bits per heavy atom. The van der Waals surface area contributed by atoms with Crippen LogP contribution in [-0.2, 0) is 4.79 Å². The zero-order chi connectivity index (χ0) is 19.6. The van der Waals surface area contributed by atoms with E-state index in [1.54, 1.807) is 0 Å². The maximum absolute atomic E-state index is 11.8. The van der Waals surface area contributed by atoms with Gasteiger partial charge in [-0.3, -0.25) is 4.79 Å². The first-order chi connectivity index (χ1) is 13.2. The molecule has 0 aromatic heterocycles. The van der Waals surface area contributed by atoms with Gasteiger partial charge >= 0.3 is 0 Å². The molecule has 0 aromatic rings. The van der Waals surface area contributed by atoms with E-state index in [-0.39, 0.29) is 0 Å². The SMILES string of the molecule is CCCCCCCCCCC1(CCCCCCCCCC)CCC(=O)CC1. The molecule has 1 aliphatic carbocycles. The fourth-order valence-corrected chi connectivity index (χ4v) is 4.95. The zero-order valence-electron chi connectivity index (χ0n) is 19.0. The Hall–Kier alpha value is -0.330. The average Bonchev–Trinajstić information content (AvgIpc) is 2.68. The van der Waals surface area contributed by atoms with Crippen molar-refractivity contribution in [1.29, 1.82) is 0 Å². The Balaban J connectivity index is 2.16. The van der Waals surface area contributed by atoms with Gasteiger partial charge in [0.15, 0.2) is 0 Å². The summed E-state index contributed by atoms with van der Waals surface area (Å²) in [5.74, 6) is 0.525. The van der Waals surface area contributed by atoms with Gasteiger partial charge in [-0.1, -0.05) is 117 Å². The molecule has 0 radical (unpaired) electrons. The summed E-state index contributed by atoms with van der Waals surface area (Å²) in [5, 5.41) is 0. The van der Waals surface area contributed by atoms with Crippen LogP contribution in [0.25, 0.3) is 0 Å². The van der Waals surface area contributed by atoms with Gasteiger partial charge in [0.2, 0.25) is 0 Å². The van der Waals surface area contributed by atoms with Gasteiger partial charge in [-0.2, -0.15) is 0 Å². The predicted octanol–water partition coefficient (Wildman–Crippen LogP) is 9.18. The lowest BCUT2D eigenvalue weighted by Crippen LogP contribution is -2.27. The van der Waals surface area contributed by atoms with Crippen LogP contribution in [0.5, 0.6) is 0 Å². The largest absolute Gasteiger partial charge is 0.300 e. The fourth-order valence-electron chi connectivity index (χ4n) is 4.95. The van der Waals surface area contributed by atoms with Crippen LogP contribution in [0.15, 0.2) is 0 Å². The Morgan fingerprint density at radius 1 is 0.556 bits per heavy atom. The highest BCUT2D eigenvalue weighted by Gasteiger charge is 2.33. The molecule has 1 heteroatoms. The monoisotopic (exact) mass is 378 g/mol. The maximum atomic E-state index is 11.8. The molecule has 0 aliphatic heterocycles. The van der Waals surface area contributed by atoms with E-state index in [2.05, 4.69) is 13.8 Å². The Labute approximate surface area is 171 Å². The van der Waals surface area contributed by atoms with Gasteiger partial charge in [0.05, 0.1) is 0 Å². The molecule has 0 bridgehead atoms. The highest BCUT2D eigenvalue weighted by atomic mass is 16.1. The molecule has 0 atom stereocenters. The van der Waals surface area contributed by atoms with Crippen molar-refractivity contribution in [3.63, 3.8) is 0 Å². The van der Waals surface area contributed by atoms with Crippen LogP contribution >= 0.6 is 0 Å². The van der Waals surface area contributed by atoms with Crippen molar-refractivity contribution in [1.82, 2.24) is 0 Å². The second kappa shape index (κ2) is 16.6. The van der Waals surface area contributed by atoms with Crippen molar-refractivity contribution < 1.29 is 4.79 Å². The molecule has 160 valence electrons. The highest BCUT2D eigenvalue weighted by Crippen LogP contribution is 2.44. The normalized spacial score (nSPS) is 16.7. The number of unbranched alkanes of at least 4 members (excludes halogenated alkanes) is 14. The van der Waals surface area contributed by atoms with Crippen LogP contribution < -0.4 is 0 Å². The lowest BCUT2D eigenvalue weighted by Gasteiger charge is -2.37. The second-order valence-electron chi connectivity index (χ2n) is 9.49. The minimum Gasteiger partial charge on any atom is -0.300 e. The van der Waals surface area contributed by atoms with Gasteiger partial charge in [-0.15, -0.1) is 0 Å². The molecule has 0 N–H and O–H groups in total. The molecule has 0 aromatic carbocycles. The molecular formula is C26H50O. The molecule has 27 heavy (non-hydrogen) atoms. The molecular weight excluding hydrogens is 328 g/mol. The molecule has 0 heterocycles. The van der Waals surface area contributed by atoms with E-state index in [0.29, 0.717) is 11.2 Å². The van der Waals surface area contributed by atoms with Crippen LogP contribution in [-0.4, -0.2) is 5.78 Å². The van der Waals surface area contributed by atoms with E-state index in [1.807, 2.05) is 0 Å². The zero-order valence-corrected chi connectivity index (χ0v) is 19.0. The summed E-state index contributed by atoms with van der Waals surface area (Å²) in [6.07, 6.45) is 29.5. The Morgan fingerprint density at radius 3 is 1.26 bits per heavy atom. The lowest BCUT2D eigenvalue weighted by molar-refractivity contribution is -0.122. The molecule has 0 amide bonds. The van der Waals surface area contributed by atoms with E-state index in [1.165, 1.54) is 128 Å². The first-order valence-electron chi connectivity index (χ1n) is 12.7. The Kier molecular flexibility index (Phi) is 15.2. The fraction of sp³-hybridized carbons (Fsp3) is 0.962. The Bertz CT molecular complexity index is 314. The van der Waals surface area contributed by atoms with Gasteiger partial charge < -0.3 is 0 Å². The van der Waals surface area contributed by atoms with Gasteiger partial charge in [-0.05, 0) is 31.1 Å². The van der Waals surface area contributed by atoms with Crippen LogP contribution in [0.4, 0.5) is 0 Å². The number of ketones is 1. The van der Waals surface area contributed by atoms with Gasteiger partial charge in [-0.25, -0.2) is 0 Å². The van der Waals surface area contributed by atoms with Crippen molar-refractivity contribution >= 4 is 5.78 Å². The minimum atomic E-state index is 0.525. The number of carbonyl (C=O) groups excluding carboxylic acids is 1. The van der Waals surface area contributed by atoms with Crippen LogP contribution in [0.2, 0.25) is 0 Å². The summed E-state index contributed by atoms with van der Waals surface area (Å²) in [6, 6.07) is 0. The molecule has 0 unspecified atom stereocenters. The third-order valence-electron chi connectivity index (χ3n) is 6.99. The molecule has 1 fully saturated rings. The van der Waals surface area contributed by atoms with E-state index in [0.717, 1.165) is 12.8 Å². The van der Waals surface area contributed by atoms with E-state index >= 15 is 0 Å². The maximum Gasteiger partial charge on any atom is 0.132 e. The molecule has 1 nitrogen and oxygen atoms in total. The summed E-state index contributed by atoms with van der Waals surface area (Å²) in [6.45, 7) is 4.58. The first kappa shape index (κ1) is 24.7. The number of hydrogen-bond donors (Lipinski definition) is 0. The summed E-state index contributed by atoms with van der Waals surface area (Å²) >= 11 is 0. The number of rotatable bonds is 18.